The fourth-order valence-corrected chi connectivity index (χ4v) is 3.16. The summed E-state index contributed by atoms with van der Waals surface area (Å²) in [4.78, 5) is 11.0. The van der Waals surface area contributed by atoms with Gasteiger partial charge in [0.1, 0.15) is 0 Å². The normalized spacial score (nSPS) is 20.5. The van der Waals surface area contributed by atoms with Gasteiger partial charge < -0.3 is 4.74 Å². The van der Waals surface area contributed by atoms with Crippen molar-refractivity contribution < 1.29 is 9.53 Å². The second-order valence-corrected chi connectivity index (χ2v) is 6.84. The van der Waals surface area contributed by atoms with E-state index in [1.54, 1.807) is 0 Å². The molecular weight excluding hydrogens is 272 g/mol. The highest BCUT2D eigenvalue weighted by Crippen LogP contribution is 2.45. The Kier molecular flexibility index (Phi) is 11.1. The molecule has 1 fully saturated rings. The Balaban J connectivity index is 1.83. The summed E-state index contributed by atoms with van der Waals surface area (Å²) in [5, 5.41) is 0. The molecule has 0 amide bonds. The van der Waals surface area contributed by atoms with Crippen LogP contribution in [0.3, 0.4) is 0 Å². The lowest BCUT2D eigenvalue weighted by Crippen LogP contribution is -1.99. The summed E-state index contributed by atoms with van der Waals surface area (Å²) in [5.74, 6) is 1.93. The Labute approximate surface area is 137 Å². The Morgan fingerprint density at radius 2 is 1.77 bits per heavy atom. The first kappa shape index (κ1) is 19.3. The van der Waals surface area contributed by atoms with Gasteiger partial charge in [0.15, 0.2) is 0 Å². The molecule has 2 unspecified atom stereocenters. The minimum absolute atomic E-state index is 0.0661. The predicted molar refractivity (Wildman–Crippen MR) is 93.8 cm³/mol. The third-order valence-corrected chi connectivity index (χ3v) is 4.83. The maximum Gasteiger partial charge on any atom is 0.305 e. The average Bonchev–Trinajstić information content (AvgIpc) is 3.28. The standard InChI is InChI=1S/C20H36O2/c1-3-4-5-6-8-11-14-18-17-19(18)15-12-9-7-10-13-16-20(21)22-2/h8,11,18-19H,3-7,9-10,12-17H2,1-2H3/b11-8-. The number of hydrogen-bond donors (Lipinski definition) is 0. The molecule has 0 heterocycles. The first-order valence-electron chi connectivity index (χ1n) is 9.49. The SMILES string of the molecule is CCCCC/C=C\CC1CC1CCCCCCCC(=O)OC. The van der Waals surface area contributed by atoms with Gasteiger partial charge in [-0.3, -0.25) is 4.79 Å². The van der Waals surface area contributed by atoms with Crippen LogP contribution in [0.15, 0.2) is 12.2 Å². The first-order chi connectivity index (χ1) is 10.8. The molecule has 2 heteroatoms. The molecule has 0 aromatic rings. The highest BCUT2D eigenvalue weighted by Gasteiger charge is 2.34. The number of esters is 1. The van der Waals surface area contributed by atoms with Crippen LogP contribution in [0.4, 0.5) is 0 Å². The number of hydrogen-bond acceptors (Lipinski definition) is 2. The topological polar surface area (TPSA) is 26.3 Å². The Morgan fingerprint density at radius 1 is 1.00 bits per heavy atom. The zero-order chi connectivity index (χ0) is 16.0. The monoisotopic (exact) mass is 308 g/mol. The van der Waals surface area contributed by atoms with Gasteiger partial charge in [-0.15, -0.1) is 0 Å². The highest BCUT2D eigenvalue weighted by molar-refractivity contribution is 5.68. The summed E-state index contributed by atoms with van der Waals surface area (Å²) in [6.07, 6.45) is 21.1. The number of ether oxygens (including phenoxy) is 1. The second kappa shape index (κ2) is 12.7. The van der Waals surface area contributed by atoms with E-state index in [1.807, 2.05) is 0 Å². The van der Waals surface area contributed by atoms with Gasteiger partial charge >= 0.3 is 5.97 Å². The van der Waals surface area contributed by atoms with E-state index in [9.17, 15) is 4.79 Å². The van der Waals surface area contributed by atoms with Crippen LogP contribution >= 0.6 is 0 Å². The average molecular weight is 309 g/mol. The molecular formula is C20H36O2. The third-order valence-electron chi connectivity index (χ3n) is 4.83. The van der Waals surface area contributed by atoms with E-state index in [4.69, 9.17) is 0 Å². The summed E-state index contributed by atoms with van der Waals surface area (Å²) >= 11 is 0. The maximum absolute atomic E-state index is 11.0. The zero-order valence-corrected chi connectivity index (χ0v) is 14.8. The molecule has 128 valence electrons. The van der Waals surface area contributed by atoms with E-state index >= 15 is 0 Å². The van der Waals surface area contributed by atoms with E-state index < -0.39 is 0 Å². The lowest BCUT2D eigenvalue weighted by molar-refractivity contribution is -0.140. The van der Waals surface area contributed by atoms with Gasteiger partial charge in [-0.05, 0) is 43.9 Å². The summed E-state index contributed by atoms with van der Waals surface area (Å²) in [6, 6.07) is 0. The van der Waals surface area contributed by atoms with Crippen LogP contribution in [0.25, 0.3) is 0 Å². The van der Waals surface area contributed by atoms with Gasteiger partial charge in [0.2, 0.25) is 0 Å². The van der Waals surface area contributed by atoms with Crippen LogP contribution in [-0.2, 0) is 9.53 Å². The molecule has 1 rings (SSSR count). The molecule has 1 aliphatic carbocycles. The summed E-state index contributed by atoms with van der Waals surface area (Å²) in [7, 11) is 1.47. The van der Waals surface area contributed by atoms with Crippen LogP contribution in [0, 0.1) is 11.8 Å². The number of rotatable bonds is 14. The van der Waals surface area contributed by atoms with Crippen LogP contribution in [0.5, 0.6) is 0 Å². The molecule has 0 saturated heterocycles. The van der Waals surface area contributed by atoms with Crippen LogP contribution in [-0.4, -0.2) is 13.1 Å². The molecule has 0 spiro atoms. The number of allylic oxidation sites excluding steroid dienone is 2. The molecule has 2 atom stereocenters. The molecule has 2 nitrogen and oxygen atoms in total. The second-order valence-electron chi connectivity index (χ2n) is 6.84. The number of carbonyl (C=O) groups excluding carboxylic acids is 1. The van der Waals surface area contributed by atoms with Crippen molar-refractivity contribution in [2.75, 3.05) is 7.11 Å². The van der Waals surface area contributed by atoms with Gasteiger partial charge in [-0.25, -0.2) is 0 Å². The molecule has 0 radical (unpaired) electrons. The lowest BCUT2D eigenvalue weighted by atomic mass is 10.1. The zero-order valence-electron chi connectivity index (χ0n) is 14.8. The van der Waals surface area contributed by atoms with E-state index in [2.05, 4.69) is 23.8 Å². The van der Waals surface area contributed by atoms with Gasteiger partial charge in [-0.1, -0.05) is 64.0 Å². The number of carbonyl (C=O) groups is 1. The smallest absolute Gasteiger partial charge is 0.305 e. The van der Waals surface area contributed by atoms with Crippen molar-refractivity contribution in [2.45, 2.75) is 90.4 Å². The molecule has 1 aliphatic rings. The summed E-state index contributed by atoms with van der Waals surface area (Å²) in [5.41, 5.74) is 0. The van der Waals surface area contributed by atoms with E-state index in [0.717, 1.165) is 18.3 Å². The quantitative estimate of drug-likeness (QED) is 0.222. The lowest BCUT2D eigenvalue weighted by Gasteiger charge is -2.01. The van der Waals surface area contributed by atoms with E-state index in [-0.39, 0.29) is 5.97 Å². The maximum atomic E-state index is 11.0. The number of unbranched alkanes of at least 4 members (excludes halogenated alkanes) is 7. The van der Waals surface area contributed by atoms with Gasteiger partial charge in [0.25, 0.3) is 0 Å². The van der Waals surface area contributed by atoms with Crippen molar-refractivity contribution >= 4 is 5.97 Å². The molecule has 0 bridgehead atoms. The summed E-state index contributed by atoms with van der Waals surface area (Å²) in [6.45, 7) is 2.26. The largest absolute Gasteiger partial charge is 0.469 e. The number of methoxy groups -OCH3 is 1. The van der Waals surface area contributed by atoms with Crippen LogP contribution in [0.1, 0.15) is 90.4 Å². The van der Waals surface area contributed by atoms with Crippen LogP contribution in [0.2, 0.25) is 0 Å². The van der Waals surface area contributed by atoms with Crippen molar-refractivity contribution in [3.05, 3.63) is 12.2 Å². The fourth-order valence-electron chi connectivity index (χ4n) is 3.16. The van der Waals surface area contributed by atoms with Gasteiger partial charge in [0, 0.05) is 6.42 Å². The van der Waals surface area contributed by atoms with Crippen molar-refractivity contribution in [1.82, 2.24) is 0 Å². The minimum atomic E-state index is -0.0661. The fraction of sp³-hybridized carbons (Fsp3) is 0.850. The van der Waals surface area contributed by atoms with Gasteiger partial charge in [0.05, 0.1) is 7.11 Å². The molecule has 0 aromatic carbocycles. The van der Waals surface area contributed by atoms with Crippen molar-refractivity contribution in [2.24, 2.45) is 11.8 Å². The predicted octanol–water partition coefficient (Wildman–Crippen LogP) is 6.05. The molecule has 0 N–H and O–H groups in total. The van der Waals surface area contributed by atoms with E-state index in [0.29, 0.717) is 6.42 Å². The third kappa shape index (κ3) is 10.0. The van der Waals surface area contributed by atoms with Crippen molar-refractivity contribution in [1.29, 1.82) is 0 Å². The minimum Gasteiger partial charge on any atom is -0.469 e. The molecule has 22 heavy (non-hydrogen) atoms. The van der Waals surface area contributed by atoms with E-state index in [1.165, 1.54) is 77.7 Å². The van der Waals surface area contributed by atoms with Crippen molar-refractivity contribution in [3.8, 4) is 0 Å². The Hall–Kier alpha value is -0.790. The first-order valence-corrected chi connectivity index (χ1v) is 9.49. The summed E-state index contributed by atoms with van der Waals surface area (Å²) < 4.78 is 4.64. The molecule has 0 aromatic heterocycles. The van der Waals surface area contributed by atoms with Crippen molar-refractivity contribution in [3.63, 3.8) is 0 Å². The molecule has 1 saturated carbocycles. The van der Waals surface area contributed by atoms with Gasteiger partial charge in [-0.2, -0.15) is 0 Å². The van der Waals surface area contributed by atoms with Crippen LogP contribution < -0.4 is 0 Å². The Morgan fingerprint density at radius 3 is 2.55 bits per heavy atom. The highest BCUT2D eigenvalue weighted by atomic mass is 16.5. The Bertz CT molecular complexity index is 309. The molecule has 0 aliphatic heterocycles.